The van der Waals surface area contributed by atoms with E-state index in [4.69, 9.17) is 24.4 Å². The van der Waals surface area contributed by atoms with E-state index in [9.17, 15) is 9.90 Å². The second-order valence-electron chi connectivity index (χ2n) is 10.5. The molecular weight excluding hydrogens is 605 g/mol. The zero-order valence-corrected chi connectivity index (χ0v) is 25.9. The maximum atomic E-state index is 12.7. The van der Waals surface area contributed by atoms with Crippen LogP contribution in [-0.2, 0) is 6.61 Å². The van der Waals surface area contributed by atoms with Gasteiger partial charge in [-0.05, 0) is 44.7 Å². The molecular formula is C30H28N6O4S3. The molecule has 1 fully saturated rings. The van der Waals surface area contributed by atoms with Crippen LogP contribution < -0.4 is 14.8 Å². The number of thiazole rings is 2. The number of carbonyl (C=O) groups excluding carboxylic acids is 1. The minimum atomic E-state index is -0.244. The number of hydrogen-bond acceptors (Lipinski definition) is 11. The molecule has 1 aliphatic rings. The molecule has 0 radical (unpaired) electrons. The zero-order valence-electron chi connectivity index (χ0n) is 23.4. The quantitative estimate of drug-likeness (QED) is 0.206. The third-order valence-electron chi connectivity index (χ3n) is 7.38. The minimum absolute atomic E-state index is 0.0866. The van der Waals surface area contributed by atoms with E-state index in [1.807, 2.05) is 54.9 Å². The van der Waals surface area contributed by atoms with Crippen molar-refractivity contribution in [1.82, 2.24) is 29.9 Å². The van der Waals surface area contributed by atoms with Gasteiger partial charge in [-0.15, -0.1) is 22.7 Å². The van der Waals surface area contributed by atoms with Gasteiger partial charge < -0.3 is 19.9 Å². The molecule has 0 atom stereocenters. The second-order valence-corrected chi connectivity index (χ2v) is 13.5. The summed E-state index contributed by atoms with van der Waals surface area (Å²) < 4.78 is 14.5. The van der Waals surface area contributed by atoms with E-state index < -0.39 is 0 Å². The number of methoxy groups -OCH3 is 1. The summed E-state index contributed by atoms with van der Waals surface area (Å²) in [5.41, 5.74) is 3.90. The maximum absolute atomic E-state index is 12.7. The number of imidazole rings is 1. The van der Waals surface area contributed by atoms with Crippen molar-refractivity contribution in [2.75, 3.05) is 7.11 Å². The predicted molar refractivity (Wildman–Crippen MR) is 168 cm³/mol. The number of nitrogens with zero attached hydrogens (tertiary/aromatic N) is 5. The van der Waals surface area contributed by atoms with Crippen LogP contribution in [0.5, 0.6) is 11.5 Å². The van der Waals surface area contributed by atoms with Gasteiger partial charge in [-0.1, -0.05) is 23.5 Å². The van der Waals surface area contributed by atoms with Crippen molar-refractivity contribution in [2.45, 2.75) is 51.4 Å². The lowest BCUT2D eigenvalue weighted by molar-refractivity contribution is 0.0867. The Kier molecular flexibility index (Phi) is 7.55. The maximum Gasteiger partial charge on any atom is 0.251 e. The average molecular weight is 633 g/mol. The van der Waals surface area contributed by atoms with Crippen LogP contribution in [0.3, 0.4) is 0 Å². The number of aliphatic hydroxyl groups excluding tert-OH is 1. The number of aromatic nitrogens is 5. The molecule has 43 heavy (non-hydrogen) atoms. The Bertz CT molecular complexity index is 1890. The summed E-state index contributed by atoms with van der Waals surface area (Å²) in [6, 6.07) is 11.4. The summed E-state index contributed by atoms with van der Waals surface area (Å²) in [6.07, 6.45) is 4.73. The van der Waals surface area contributed by atoms with Crippen molar-refractivity contribution in [3.63, 3.8) is 0 Å². The Morgan fingerprint density at radius 1 is 1.07 bits per heavy atom. The second kappa shape index (κ2) is 11.6. The van der Waals surface area contributed by atoms with E-state index in [0.29, 0.717) is 17.1 Å². The largest absolute Gasteiger partial charge is 0.497 e. The number of hydrogen-bond donors (Lipinski definition) is 2. The van der Waals surface area contributed by atoms with Crippen LogP contribution in [0, 0.1) is 6.92 Å². The van der Waals surface area contributed by atoms with Crippen LogP contribution in [0.25, 0.3) is 36.5 Å². The van der Waals surface area contributed by atoms with Gasteiger partial charge in [0.25, 0.3) is 5.91 Å². The van der Waals surface area contributed by atoms with Crippen molar-refractivity contribution >= 4 is 55.1 Å². The monoisotopic (exact) mass is 632 g/mol. The molecule has 0 spiro atoms. The third-order valence-corrected chi connectivity index (χ3v) is 10.3. The Hall–Kier alpha value is -3.91. The molecule has 13 heteroatoms. The number of aliphatic hydroxyl groups is 1. The molecule has 4 heterocycles. The Balaban J connectivity index is 1.04. The van der Waals surface area contributed by atoms with Gasteiger partial charge in [-0.2, -0.15) is 5.10 Å². The van der Waals surface area contributed by atoms with Crippen molar-refractivity contribution in [3.8, 4) is 32.8 Å². The SMILES string of the molecule is COc1cc(OCc2csc(-c3ccc(C(=O)N[C@H]4CC[C@H](O)CC4)cc3)n2)c2sc(-c3cn4nc(C)sc4n3)nc2c1. The number of rotatable bonds is 8. The van der Waals surface area contributed by atoms with Gasteiger partial charge in [0.1, 0.15) is 38.8 Å². The zero-order chi connectivity index (χ0) is 29.5. The Labute approximate surface area is 259 Å². The first-order chi connectivity index (χ1) is 20.9. The molecule has 0 saturated heterocycles. The van der Waals surface area contributed by atoms with Gasteiger partial charge in [0.05, 0.1) is 35.3 Å². The van der Waals surface area contributed by atoms with Crippen LogP contribution in [0.2, 0.25) is 0 Å². The van der Waals surface area contributed by atoms with E-state index >= 15 is 0 Å². The van der Waals surface area contributed by atoms with Crippen LogP contribution in [-0.4, -0.2) is 54.8 Å². The molecule has 7 rings (SSSR count). The summed E-state index contributed by atoms with van der Waals surface area (Å²) in [5.74, 6) is 1.24. The summed E-state index contributed by atoms with van der Waals surface area (Å²) in [7, 11) is 1.62. The number of amides is 1. The third kappa shape index (κ3) is 5.85. The van der Waals surface area contributed by atoms with Crippen molar-refractivity contribution in [1.29, 1.82) is 0 Å². The van der Waals surface area contributed by atoms with Crippen LogP contribution in [0.15, 0.2) is 48.0 Å². The standard InChI is InChI=1S/C30H28N6O4S3/c1-16-35-36-13-24(34-30(36)42-16)29-33-23-11-22(39-2)12-25(26(23)43-29)40-14-20-15-41-28(32-20)18-5-3-17(4-6-18)27(38)31-19-7-9-21(37)10-8-19/h3-6,11-13,15,19,21,37H,7-10,14H2,1-2H3,(H,31,38)/t19-,21-. The first kappa shape index (κ1) is 27.9. The first-order valence-electron chi connectivity index (χ1n) is 13.9. The first-order valence-corrected chi connectivity index (χ1v) is 16.4. The molecule has 0 aliphatic heterocycles. The van der Waals surface area contributed by atoms with Gasteiger partial charge in [0, 0.05) is 34.7 Å². The number of benzene rings is 2. The van der Waals surface area contributed by atoms with Gasteiger partial charge in [0.15, 0.2) is 0 Å². The smallest absolute Gasteiger partial charge is 0.251 e. The van der Waals surface area contributed by atoms with Gasteiger partial charge in [-0.25, -0.2) is 19.5 Å². The summed E-state index contributed by atoms with van der Waals surface area (Å²) in [6.45, 7) is 2.24. The highest BCUT2D eigenvalue weighted by Gasteiger charge is 2.21. The fraction of sp³-hybridized carbons (Fsp3) is 0.300. The van der Waals surface area contributed by atoms with Crippen molar-refractivity contribution < 1.29 is 19.4 Å². The topological polar surface area (TPSA) is 124 Å². The highest BCUT2D eigenvalue weighted by Crippen LogP contribution is 2.39. The molecule has 10 nitrogen and oxygen atoms in total. The number of aryl methyl sites for hydroxylation is 1. The van der Waals surface area contributed by atoms with E-state index in [1.165, 1.54) is 22.7 Å². The molecule has 1 amide bonds. The molecule has 1 aliphatic carbocycles. The summed E-state index contributed by atoms with van der Waals surface area (Å²) >= 11 is 4.59. The van der Waals surface area contributed by atoms with Crippen molar-refractivity contribution in [2.24, 2.45) is 0 Å². The van der Waals surface area contributed by atoms with E-state index in [0.717, 1.165) is 72.8 Å². The van der Waals surface area contributed by atoms with E-state index in [1.54, 1.807) is 23.0 Å². The van der Waals surface area contributed by atoms with Crippen LogP contribution >= 0.6 is 34.0 Å². The molecule has 4 aromatic heterocycles. The molecule has 0 bridgehead atoms. The normalized spacial score (nSPS) is 17.0. The number of fused-ring (bicyclic) bond motifs is 2. The molecule has 1 saturated carbocycles. The summed E-state index contributed by atoms with van der Waals surface area (Å²) in [5, 5.41) is 21.8. The molecule has 6 aromatic rings. The van der Waals surface area contributed by atoms with Gasteiger partial charge in [0.2, 0.25) is 4.96 Å². The summed E-state index contributed by atoms with van der Waals surface area (Å²) in [4.78, 5) is 27.8. The van der Waals surface area contributed by atoms with Gasteiger partial charge in [-0.3, -0.25) is 4.79 Å². The number of carbonyl (C=O) groups is 1. The lowest BCUT2D eigenvalue weighted by atomic mass is 9.93. The molecule has 2 N–H and O–H groups in total. The van der Waals surface area contributed by atoms with Crippen LogP contribution in [0.1, 0.15) is 46.7 Å². The molecule has 0 unspecified atom stereocenters. The fourth-order valence-electron chi connectivity index (χ4n) is 5.13. The highest BCUT2D eigenvalue weighted by atomic mass is 32.1. The minimum Gasteiger partial charge on any atom is -0.497 e. The van der Waals surface area contributed by atoms with Crippen molar-refractivity contribution in [3.05, 3.63) is 64.2 Å². The molecule has 2 aromatic carbocycles. The lowest BCUT2D eigenvalue weighted by Crippen LogP contribution is -2.38. The lowest BCUT2D eigenvalue weighted by Gasteiger charge is -2.26. The average Bonchev–Trinajstić information content (AvgIpc) is 3.80. The predicted octanol–water partition coefficient (Wildman–Crippen LogP) is 6.12. The number of nitrogens with one attached hydrogen (secondary N) is 1. The van der Waals surface area contributed by atoms with Crippen LogP contribution in [0.4, 0.5) is 0 Å². The Morgan fingerprint density at radius 3 is 2.65 bits per heavy atom. The van der Waals surface area contributed by atoms with E-state index in [2.05, 4.69) is 10.4 Å². The fourth-order valence-corrected chi connectivity index (χ4v) is 7.63. The van der Waals surface area contributed by atoms with Gasteiger partial charge >= 0.3 is 0 Å². The molecule has 220 valence electrons. The number of ether oxygens (including phenoxy) is 2. The Morgan fingerprint density at radius 2 is 1.88 bits per heavy atom. The van der Waals surface area contributed by atoms with E-state index in [-0.39, 0.29) is 24.7 Å². The highest BCUT2D eigenvalue weighted by molar-refractivity contribution is 7.22.